The Morgan fingerprint density at radius 3 is 2.62 bits per heavy atom. The molecule has 2 unspecified atom stereocenters. The molecule has 2 aromatic rings. The summed E-state index contributed by atoms with van der Waals surface area (Å²) in [7, 11) is 0. The SMILES string of the molecule is CC(=O)[C@H]1C2C=CC(C2)[C@H]1C(=O)N(O)c1nc2c(C)cccc2s1. The Labute approximate surface area is 143 Å². The summed E-state index contributed by atoms with van der Waals surface area (Å²) in [5.74, 6) is -1.09. The minimum absolute atomic E-state index is 0.0127. The van der Waals surface area contributed by atoms with Crippen LogP contribution in [0.3, 0.4) is 0 Å². The highest BCUT2D eigenvalue weighted by atomic mass is 32.1. The number of aromatic nitrogens is 1. The van der Waals surface area contributed by atoms with Crippen molar-refractivity contribution in [2.75, 3.05) is 5.06 Å². The maximum Gasteiger partial charge on any atom is 0.257 e. The molecule has 5 nitrogen and oxygen atoms in total. The van der Waals surface area contributed by atoms with Crippen LogP contribution in [0.2, 0.25) is 0 Å². The minimum atomic E-state index is -0.490. The smallest absolute Gasteiger partial charge is 0.257 e. The van der Waals surface area contributed by atoms with Crippen molar-refractivity contribution in [3.8, 4) is 0 Å². The number of hydrogen-bond acceptors (Lipinski definition) is 5. The van der Waals surface area contributed by atoms with Gasteiger partial charge in [-0.15, -0.1) is 0 Å². The van der Waals surface area contributed by atoms with Gasteiger partial charge in [-0.2, -0.15) is 5.06 Å². The van der Waals surface area contributed by atoms with Gasteiger partial charge in [-0.1, -0.05) is 35.6 Å². The predicted octanol–water partition coefficient (Wildman–Crippen LogP) is 3.35. The number of allylic oxidation sites excluding steroid dienone is 2. The number of aryl methyl sites for hydroxylation is 1. The normalized spacial score (nSPS) is 27.8. The number of Topliss-reactive ketones (excluding diaryl/α,β-unsaturated/α-hetero) is 1. The van der Waals surface area contributed by atoms with E-state index in [9.17, 15) is 14.8 Å². The second kappa shape index (κ2) is 5.50. The fourth-order valence-corrected chi connectivity index (χ4v) is 5.07. The van der Waals surface area contributed by atoms with Crippen LogP contribution in [0.1, 0.15) is 18.9 Å². The number of thiazole rings is 1. The summed E-state index contributed by atoms with van der Waals surface area (Å²) in [4.78, 5) is 29.3. The van der Waals surface area contributed by atoms with E-state index in [1.807, 2.05) is 37.3 Å². The first-order valence-corrected chi connectivity index (χ1v) is 8.87. The second-order valence-electron chi connectivity index (χ2n) is 6.68. The number of amides is 1. The number of ketones is 1. The van der Waals surface area contributed by atoms with Crippen LogP contribution in [-0.2, 0) is 9.59 Å². The molecule has 1 N–H and O–H groups in total. The number of carbonyl (C=O) groups excluding carboxylic acids is 2. The highest BCUT2D eigenvalue weighted by Gasteiger charge is 2.51. The van der Waals surface area contributed by atoms with Gasteiger partial charge < -0.3 is 0 Å². The number of benzene rings is 1. The van der Waals surface area contributed by atoms with Crippen molar-refractivity contribution >= 4 is 38.4 Å². The van der Waals surface area contributed by atoms with Gasteiger partial charge in [0.1, 0.15) is 5.78 Å². The number of nitrogens with zero attached hydrogens (tertiary/aromatic N) is 2. The Morgan fingerprint density at radius 1 is 1.25 bits per heavy atom. The van der Waals surface area contributed by atoms with Gasteiger partial charge >= 0.3 is 0 Å². The maximum atomic E-state index is 12.9. The summed E-state index contributed by atoms with van der Waals surface area (Å²) >= 11 is 1.28. The van der Waals surface area contributed by atoms with E-state index >= 15 is 0 Å². The summed E-state index contributed by atoms with van der Waals surface area (Å²) in [5, 5.41) is 11.4. The minimum Gasteiger partial charge on any atom is -0.300 e. The van der Waals surface area contributed by atoms with Crippen LogP contribution >= 0.6 is 11.3 Å². The topological polar surface area (TPSA) is 70.5 Å². The molecule has 1 aromatic heterocycles. The Hall–Kier alpha value is -2.05. The van der Waals surface area contributed by atoms with Crippen molar-refractivity contribution in [3.05, 3.63) is 35.9 Å². The average Bonchev–Trinajstić information content (AvgIpc) is 3.26. The van der Waals surface area contributed by atoms with Crippen molar-refractivity contribution in [1.29, 1.82) is 0 Å². The maximum absolute atomic E-state index is 12.9. The Morgan fingerprint density at radius 2 is 1.96 bits per heavy atom. The number of rotatable bonds is 3. The zero-order valence-electron chi connectivity index (χ0n) is 13.5. The number of fused-ring (bicyclic) bond motifs is 3. The zero-order chi connectivity index (χ0) is 17.0. The monoisotopic (exact) mass is 342 g/mol. The molecule has 1 aromatic carbocycles. The zero-order valence-corrected chi connectivity index (χ0v) is 14.3. The first kappa shape index (κ1) is 15.5. The summed E-state index contributed by atoms with van der Waals surface area (Å²) in [5.41, 5.74) is 1.79. The number of hydrogen-bond donors (Lipinski definition) is 1. The Kier molecular flexibility index (Phi) is 3.54. The third-order valence-electron chi connectivity index (χ3n) is 5.21. The van der Waals surface area contributed by atoms with Crippen LogP contribution in [0.5, 0.6) is 0 Å². The molecule has 24 heavy (non-hydrogen) atoms. The van der Waals surface area contributed by atoms with Crippen LogP contribution in [0.15, 0.2) is 30.4 Å². The average molecular weight is 342 g/mol. The largest absolute Gasteiger partial charge is 0.300 e. The standard InChI is InChI=1S/C18H18N2O3S/c1-9-4-3-5-13-16(9)19-18(24-13)20(23)17(22)15-12-7-6-11(8-12)14(15)10(2)21/h3-7,11-12,14-15,23H,8H2,1-2H3/t11?,12?,14-,15+/m0/s1. The van der Waals surface area contributed by atoms with E-state index in [2.05, 4.69) is 4.98 Å². The van der Waals surface area contributed by atoms with Gasteiger partial charge in [0.15, 0.2) is 0 Å². The van der Waals surface area contributed by atoms with E-state index in [0.29, 0.717) is 5.06 Å². The van der Waals surface area contributed by atoms with Crippen LogP contribution in [0.25, 0.3) is 10.2 Å². The third-order valence-corrected chi connectivity index (χ3v) is 6.21. The van der Waals surface area contributed by atoms with Crippen molar-refractivity contribution in [2.24, 2.45) is 23.7 Å². The molecule has 2 aliphatic carbocycles. The fraction of sp³-hybridized carbons (Fsp3) is 0.389. The van der Waals surface area contributed by atoms with Crippen LogP contribution in [0, 0.1) is 30.6 Å². The molecule has 0 aliphatic heterocycles. The van der Waals surface area contributed by atoms with Crippen molar-refractivity contribution in [3.63, 3.8) is 0 Å². The highest BCUT2D eigenvalue weighted by molar-refractivity contribution is 7.22. The van der Waals surface area contributed by atoms with Crippen molar-refractivity contribution < 1.29 is 14.8 Å². The van der Waals surface area contributed by atoms with Gasteiger partial charge in [-0.3, -0.25) is 14.8 Å². The summed E-state index contributed by atoms with van der Waals surface area (Å²) in [6, 6.07) is 5.79. The van der Waals surface area contributed by atoms with Gasteiger partial charge in [0, 0.05) is 5.92 Å². The lowest BCUT2D eigenvalue weighted by Crippen LogP contribution is -2.41. The first-order valence-electron chi connectivity index (χ1n) is 8.05. The molecule has 0 saturated heterocycles. The molecule has 4 rings (SSSR count). The van der Waals surface area contributed by atoms with E-state index in [4.69, 9.17) is 0 Å². The summed E-state index contributed by atoms with van der Waals surface area (Å²) < 4.78 is 0.924. The molecule has 1 amide bonds. The molecule has 1 heterocycles. The Balaban J connectivity index is 1.67. The van der Waals surface area contributed by atoms with Crippen molar-refractivity contribution in [1.82, 2.24) is 4.98 Å². The highest BCUT2D eigenvalue weighted by Crippen LogP contribution is 2.49. The third kappa shape index (κ3) is 2.21. The first-order chi connectivity index (χ1) is 11.5. The van der Waals surface area contributed by atoms with E-state index < -0.39 is 11.8 Å². The lowest BCUT2D eigenvalue weighted by molar-refractivity contribution is -0.134. The molecule has 1 fully saturated rings. The Bertz CT molecular complexity index is 872. The number of anilines is 1. The number of para-hydroxylation sites is 1. The molecule has 1 saturated carbocycles. The van der Waals surface area contributed by atoms with E-state index in [-0.39, 0.29) is 28.7 Å². The van der Waals surface area contributed by atoms with Crippen LogP contribution in [0.4, 0.5) is 5.13 Å². The van der Waals surface area contributed by atoms with Crippen LogP contribution < -0.4 is 5.06 Å². The van der Waals surface area contributed by atoms with Crippen LogP contribution in [-0.4, -0.2) is 21.9 Å². The van der Waals surface area contributed by atoms with Gasteiger partial charge in [0.2, 0.25) is 5.13 Å². The number of hydroxylamine groups is 1. The molecule has 0 radical (unpaired) electrons. The molecular weight excluding hydrogens is 324 g/mol. The molecule has 4 atom stereocenters. The summed E-state index contributed by atoms with van der Waals surface area (Å²) in [6.07, 6.45) is 4.85. The molecule has 2 bridgehead atoms. The number of carbonyl (C=O) groups is 2. The van der Waals surface area contributed by atoms with Gasteiger partial charge in [-0.05, 0) is 43.7 Å². The van der Waals surface area contributed by atoms with E-state index in [1.165, 1.54) is 18.3 Å². The fourth-order valence-electron chi connectivity index (χ4n) is 4.11. The predicted molar refractivity (Wildman–Crippen MR) is 92.0 cm³/mol. The quantitative estimate of drug-likeness (QED) is 0.527. The molecule has 2 aliphatic rings. The van der Waals surface area contributed by atoms with E-state index in [1.54, 1.807) is 0 Å². The van der Waals surface area contributed by atoms with Gasteiger partial charge in [0.05, 0.1) is 16.1 Å². The molecule has 124 valence electrons. The lowest BCUT2D eigenvalue weighted by atomic mass is 9.80. The van der Waals surface area contributed by atoms with E-state index in [0.717, 1.165) is 22.2 Å². The molecular formula is C18H18N2O3S. The lowest BCUT2D eigenvalue weighted by Gasteiger charge is -2.27. The summed E-state index contributed by atoms with van der Waals surface area (Å²) in [6.45, 7) is 3.48. The molecule has 6 heteroatoms. The van der Waals surface area contributed by atoms with Crippen molar-refractivity contribution in [2.45, 2.75) is 20.3 Å². The van der Waals surface area contributed by atoms with Gasteiger partial charge in [-0.25, -0.2) is 4.98 Å². The second-order valence-corrected chi connectivity index (χ2v) is 7.69. The molecule has 0 spiro atoms. The van der Waals surface area contributed by atoms with Gasteiger partial charge in [0.25, 0.3) is 5.91 Å².